The van der Waals surface area contributed by atoms with Crippen molar-refractivity contribution in [2.45, 2.75) is 20.3 Å². The minimum absolute atomic E-state index is 0.194. The van der Waals surface area contributed by atoms with Gasteiger partial charge in [-0.3, -0.25) is 14.9 Å². The molecule has 1 N–H and O–H groups in total. The van der Waals surface area contributed by atoms with E-state index >= 15 is 0 Å². The van der Waals surface area contributed by atoms with Gasteiger partial charge in [-0.2, -0.15) is 0 Å². The van der Waals surface area contributed by atoms with Crippen LogP contribution in [0.2, 0.25) is 0 Å². The Morgan fingerprint density at radius 1 is 1.28 bits per heavy atom. The lowest BCUT2D eigenvalue weighted by molar-refractivity contribution is -0.122. The second kappa shape index (κ2) is 4.60. The van der Waals surface area contributed by atoms with Crippen molar-refractivity contribution in [2.75, 3.05) is 4.90 Å². The fraction of sp³-hybridized carbons (Fsp3) is 0.308. The molecule has 4 amide bonds. The van der Waals surface area contributed by atoms with Crippen molar-refractivity contribution in [1.82, 2.24) is 5.32 Å². The van der Waals surface area contributed by atoms with Crippen molar-refractivity contribution in [3.63, 3.8) is 0 Å². The van der Waals surface area contributed by atoms with Crippen LogP contribution in [0, 0.1) is 5.92 Å². The number of hydrogen-bond donors (Lipinski definition) is 1. The Labute approximate surface area is 105 Å². The summed E-state index contributed by atoms with van der Waals surface area (Å²) in [5.41, 5.74) is 1.35. The summed E-state index contributed by atoms with van der Waals surface area (Å²) in [7, 11) is 0. The number of rotatable bonds is 1. The third-order valence-electron chi connectivity index (χ3n) is 2.78. The molecule has 0 spiro atoms. The summed E-state index contributed by atoms with van der Waals surface area (Å²) in [5.74, 6) is -1.01. The highest BCUT2D eigenvalue weighted by atomic mass is 16.2. The molecule has 1 aromatic rings. The van der Waals surface area contributed by atoms with E-state index in [4.69, 9.17) is 0 Å². The average Bonchev–Trinajstić information content (AvgIpc) is 2.64. The monoisotopic (exact) mass is 246 g/mol. The van der Waals surface area contributed by atoms with Crippen molar-refractivity contribution in [3.05, 3.63) is 29.8 Å². The zero-order valence-corrected chi connectivity index (χ0v) is 10.3. The van der Waals surface area contributed by atoms with E-state index in [0.29, 0.717) is 5.69 Å². The molecule has 18 heavy (non-hydrogen) atoms. The molecule has 0 fully saturated rings. The largest absolute Gasteiger partial charge is 0.335 e. The third-order valence-corrected chi connectivity index (χ3v) is 2.78. The number of urea groups is 1. The van der Waals surface area contributed by atoms with Crippen LogP contribution in [0.4, 0.5) is 10.5 Å². The molecule has 1 aliphatic heterocycles. The molecule has 1 aromatic carbocycles. The van der Waals surface area contributed by atoms with Crippen molar-refractivity contribution in [3.8, 4) is 0 Å². The number of hydrogen-bond acceptors (Lipinski definition) is 3. The Balaban J connectivity index is 2.21. The Kier molecular flexibility index (Phi) is 3.14. The predicted molar refractivity (Wildman–Crippen MR) is 66.0 cm³/mol. The van der Waals surface area contributed by atoms with E-state index in [0.717, 1.165) is 10.5 Å². The van der Waals surface area contributed by atoms with Crippen LogP contribution >= 0.6 is 0 Å². The molecular formula is C13H14N2O3. The Morgan fingerprint density at radius 3 is 2.61 bits per heavy atom. The van der Waals surface area contributed by atoms with Crippen LogP contribution in [-0.2, 0) is 16.0 Å². The van der Waals surface area contributed by atoms with Gasteiger partial charge in [0.1, 0.15) is 0 Å². The highest BCUT2D eigenvalue weighted by Crippen LogP contribution is 2.28. The summed E-state index contributed by atoms with van der Waals surface area (Å²) in [6, 6.07) is 6.38. The van der Waals surface area contributed by atoms with Crippen LogP contribution in [0.25, 0.3) is 0 Å². The van der Waals surface area contributed by atoms with E-state index in [1.54, 1.807) is 32.0 Å². The molecule has 1 aliphatic rings. The van der Waals surface area contributed by atoms with Crippen molar-refractivity contribution >= 4 is 23.5 Å². The van der Waals surface area contributed by atoms with Crippen LogP contribution in [0.1, 0.15) is 19.4 Å². The van der Waals surface area contributed by atoms with E-state index < -0.39 is 11.9 Å². The van der Waals surface area contributed by atoms with E-state index in [9.17, 15) is 14.4 Å². The molecule has 94 valence electrons. The zero-order valence-electron chi connectivity index (χ0n) is 10.3. The van der Waals surface area contributed by atoms with Crippen LogP contribution < -0.4 is 10.2 Å². The molecular weight excluding hydrogens is 232 g/mol. The number of anilines is 1. The van der Waals surface area contributed by atoms with Gasteiger partial charge < -0.3 is 0 Å². The summed E-state index contributed by atoms with van der Waals surface area (Å²) in [6.45, 7) is 3.37. The van der Waals surface area contributed by atoms with Gasteiger partial charge in [0.2, 0.25) is 11.8 Å². The standard InChI is InChI=1S/C13H14N2O3/c1-8(2)12(17)14-13(18)15-10-6-4-3-5-9(10)7-11(15)16/h3-6,8H,7H2,1-2H3,(H,14,17,18). The first-order valence-electron chi connectivity index (χ1n) is 5.76. The molecule has 0 saturated heterocycles. The summed E-state index contributed by atoms with van der Waals surface area (Å²) < 4.78 is 0. The lowest BCUT2D eigenvalue weighted by atomic mass is 10.2. The fourth-order valence-corrected chi connectivity index (χ4v) is 1.78. The SMILES string of the molecule is CC(C)C(=O)NC(=O)N1C(=O)Cc2ccccc21. The van der Waals surface area contributed by atoms with E-state index in [1.165, 1.54) is 0 Å². The number of carbonyl (C=O) groups excluding carboxylic acids is 3. The summed E-state index contributed by atoms with van der Waals surface area (Å²) in [5, 5.41) is 2.22. The summed E-state index contributed by atoms with van der Waals surface area (Å²) in [4.78, 5) is 36.2. The van der Waals surface area contributed by atoms with Gasteiger partial charge in [-0.1, -0.05) is 32.0 Å². The van der Waals surface area contributed by atoms with E-state index in [1.807, 2.05) is 6.07 Å². The Bertz CT molecular complexity index is 523. The van der Waals surface area contributed by atoms with Crippen molar-refractivity contribution in [1.29, 1.82) is 0 Å². The molecule has 0 aromatic heterocycles. The van der Waals surface area contributed by atoms with Gasteiger partial charge >= 0.3 is 6.03 Å². The Morgan fingerprint density at radius 2 is 1.94 bits per heavy atom. The van der Waals surface area contributed by atoms with Crippen LogP contribution in [0.3, 0.4) is 0 Å². The second-order valence-electron chi connectivity index (χ2n) is 4.48. The highest BCUT2D eigenvalue weighted by Gasteiger charge is 2.32. The summed E-state index contributed by atoms with van der Waals surface area (Å²) in [6.07, 6.45) is 0.194. The molecule has 2 rings (SSSR count). The molecule has 0 radical (unpaired) electrons. The number of nitrogens with one attached hydrogen (secondary N) is 1. The third kappa shape index (κ3) is 2.11. The number of amides is 4. The maximum atomic E-state index is 11.9. The van der Waals surface area contributed by atoms with E-state index in [2.05, 4.69) is 5.32 Å². The minimum Gasteiger partial charge on any atom is -0.277 e. The maximum Gasteiger partial charge on any atom is 0.335 e. The van der Waals surface area contributed by atoms with Gasteiger partial charge in [0, 0.05) is 5.92 Å². The minimum atomic E-state index is -0.677. The number of fused-ring (bicyclic) bond motifs is 1. The number of para-hydroxylation sites is 1. The molecule has 0 atom stereocenters. The zero-order chi connectivity index (χ0) is 13.3. The molecule has 0 aliphatic carbocycles. The normalized spacial score (nSPS) is 13.7. The molecule has 5 nitrogen and oxygen atoms in total. The number of imide groups is 2. The average molecular weight is 246 g/mol. The van der Waals surface area contributed by atoms with Crippen molar-refractivity contribution in [2.24, 2.45) is 5.92 Å². The maximum absolute atomic E-state index is 11.9. The van der Waals surface area contributed by atoms with Gasteiger partial charge in [-0.15, -0.1) is 0 Å². The molecule has 0 unspecified atom stereocenters. The lowest BCUT2D eigenvalue weighted by Crippen LogP contribution is -2.45. The van der Waals surface area contributed by atoms with Gasteiger partial charge in [0.05, 0.1) is 12.1 Å². The highest BCUT2D eigenvalue weighted by molar-refractivity contribution is 6.21. The Hall–Kier alpha value is -2.17. The molecule has 5 heteroatoms. The predicted octanol–water partition coefficient (Wildman–Crippen LogP) is 1.47. The van der Waals surface area contributed by atoms with Gasteiger partial charge in [-0.25, -0.2) is 9.69 Å². The van der Waals surface area contributed by atoms with Crippen LogP contribution in [0.15, 0.2) is 24.3 Å². The van der Waals surface area contributed by atoms with Gasteiger partial charge in [-0.05, 0) is 11.6 Å². The first kappa shape index (κ1) is 12.3. The van der Waals surface area contributed by atoms with Crippen molar-refractivity contribution < 1.29 is 14.4 Å². The lowest BCUT2D eigenvalue weighted by Gasteiger charge is -2.16. The molecule has 0 saturated carbocycles. The smallest absolute Gasteiger partial charge is 0.277 e. The first-order valence-corrected chi connectivity index (χ1v) is 5.76. The van der Waals surface area contributed by atoms with E-state index in [-0.39, 0.29) is 18.2 Å². The molecule has 0 bridgehead atoms. The number of nitrogens with zero attached hydrogens (tertiary/aromatic N) is 1. The summed E-state index contributed by atoms with van der Waals surface area (Å²) >= 11 is 0. The van der Waals surface area contributed by atoms with Gasteiger partial charge in [0.15, 0.2) is 0 Å². The first-order chi connectivity index (χ1) is 8.50. The number of carbonyl (C=O) groups is 3. The van der Waals surface area contributed by atoms with Gasteiger partial charge in [0.25, 0.3) is 0 Å². The quantitative estimate of drug-likeness (QED) is 0.816. The topological polar surface area (TPSA) is 66.5 Å². The second-order valence-corrected chi connectivity index (χ2v) is 4.48. The van der Waals surface area contributed by atoms with Crippen LogP contribution in [-0.4, -0.2) is 17.8 Å². The molecule has 1 heterocycles. The number of benzene rings is 1. The fourth-order valence-electron chi connectivity index (χ4n) is 1.78. The van der Waals surface area contributed by atoms with Crippen LogP contribution in [0.5, 0.6) is 0 Å².